The fraction of sp³-hybridized carbons (Fsp3) is 0.312. The van der Waals surface area contributed by atoms with Gasteiger partial charge in [-0.1, -0.05) is 0 Å². The molecule has 0 aliphatic heterocycles. The Morgan fingerprint density at radius 1 is 1.29 bits per heavy atom. The van der Waals surface area contributed by atoms with Crippen LogP contribution in [0.15, 0.2) is 28.8 Å². The van der Waals surface area contributed by atoms with Gasteiger partial charge in [-0.25, -0.2) is 13.8 Å². The maximum absolute atomic E-state index is 13.7. The van der Waals surface area contributed by atoms with Crippen molar-refractivity contribution in [2.75, 3.05) is 13.6 Å². The zero-order chi connectivity index (χ0) is 17.7. The van der Waals surface area contributed by atoms with Crippen LogP contribution in [-0.4, -0.2) is 40.5 Å². The van der Waals surface area contributed by atoms with Gasteiger partial charge in [-0.05, 0) is 12.1 Å². The Labute approximate surface area is 136 Å². The molecule has 24 heavy (non-hydrogen) atoms. The molecule has 0 atom stereocenters. The fourth-order valence-electron chi connectivity index (χ4n) is 2.03. The van der Waals surface area contributed by atoms with Crippen molar-refractivity contribution in [2.24, 2.45) is 0 Å². The van der Waals surface area contributed by atoms with Gasteiger partial charge in [0.2, 0.25) is 5.91 Å². The van der Waals surface area contributed by atoms with Crippen LogP contribution in [0.25, 0.3) is 11.3 Å². The van der Waals surface area contributed by atoms with E-state index < -0.39 is 17.6 Å². The molecular formula is C16H16F2N2O4. The molecule has 8 heteroatoms. The molecule has 0 spiro atoms. The van der Waals surface area contributed by atoms with E-state index in [4.69, 9.17) is 9.52 Å². The maximum Gasteiger partial charge on any atom is 0.305 e. The molecule has 1 amide bonds. The summed E-state index contributed by atoms with van der Waals surface area (Å²) in [6.45, 7) is 0.117. The summed E-state index contributed by atoms with van der Waals surface area (Å²) in [5.41, 5.74) is 0.0834. The Kier molecular flexibility index (Phi) is 5.62. The highest BCUT2D eigenvalue weighted by Gasteiger charge is 2.15. The number of carboxylic acids is 1. The molecule has 0 saturated heterocycles. The zero-order valence-corrected chi connectivity index (χ0v) is 13.0. The smallest absolute Gasteiger partial charge is 0.305 e. The van der Waals surface area contributed by atoms with E-state index in [1.807, 2.05) is 0 Å². The lowest BCUT2D eigenvalue weighted by Gasteiger charge is -2.15. The van der Waals surface area contributed by atoms with Crippen LogP contribution in [0.3, 0.4) is 0 Å². The van der Waals surface area contributed by atoms with Gasteiger partial charge in [0, 0.05) is 32.5 Å². The summed E-state index contributed by atoms with van der Waals surface area (Å²) in [5.74, 6) is -2.28. The minimum Gasteiger partial charge on any atom is -0.481 e. The van der Waals surface area contributed by atoms with Crippen molar-refractivity contribution in [2.45, 2.75) is 19.3 Å². The summed E-state index contributed by atoms with van der Waals surface area (Å²) < 4.78 is 32.0. The molecule has 0 radical (unpaired) electrons. The van der Waals surface area contributed by atoms with Gasteiger partial charge in [-0.3, -0.25) is 9.59 Å². The molecule has 2 aromatic rings. The molecule has 1 N–H and O–H groups in total. The molecule has 0 aliphatic carbocycles. The molecule has 0 saturated carbocycles. The fourth-order valence-corrected chi connectivity index (χ4v) is 2.03. The van der Waals surface area contributed by atoms with Crippen LogP contribution in [0.4, 0.5) is 8.78 Å². The summed E-state index contributed by atoms with van der Waals surface area (Å²) >= 11 is 0. The van der Waals surface area contributed by atoms with E-state index in [0.717, 1.165) is 12.1 Å². The summed E-state index contributed by atoms with van der Waals surface area (Å²) in [6.07, 6.45) is 1.46. The first-order valence-electron chi connectivity index (χ1n) is 7.22. The van der Waals surface area contributed by atoms with E-state index in [-0.39, 0.29) is 48.9 Å². The molecule has 1 aromatic heterocycles. The van der Waals surface area contributed by atoms with Crippen LogP contribution in [0.1, 0.15) is 18.7 Å². The Hall–Kier alpha value is -2.77. The Morgan fingerprint density at radius 3 is 2.71 bits per heavy atom. The second-order valence-electron chi connectivity index (χ2n) is 5.20. The molecule has 2 rings (SSSR count). The minimum atomic E-state index is -0.978. The highest BCUT2D eigenvalue weighted by molar-refractivity contribution is 5.76. The van der Waals surface area contributed by atoms with Crippen molar-refractivity contribution in [3.8, 4) is 11.3 Å². The third-order valence-electron chi connectivity index (χ3n) is 3.39. The third kappa shape index (κ3) is 4.61. The molecule has 0 fully saturated rings. The summed E-state index contributed by atoms with van der Waals surface area (Å²) in [6, 6.07) is 3.11. The van der Waals surface area contributed by atoms with E-state index in [9.17, 15) is 18.4 Å². The molecule has 0 aliphatic rings. The molecule has 128 valence electrons. The highest BCUT2D eigenvalue weighted by Crippen LogP contribution is 2.24. The van der Waals surface area contributed by atoms with Crippen molar-refractivity contribution in [1.82, 2.24) is 9.88 Å². The SMILES string of the molecule is CN(CCC(=O)O)C(=O)CCc1ncc(-c2ccc(F)cc2F)o1. The first-order chi connectivity index (χ1) is 11.4. The maximum atomic E-state index is 13.7. The number of benzene rings is 1. The van der Waals surface area contributed by atoms with Gasteiger partial charge in [0.05, 0.1) is 18.2 Å². The Bertz CT molecular complexity index is 745. The van der Waals surface area contributed by atoms with Gasteiger partial charge in [-0.2, -0.15) is 0 Å². The topological polar surface area (TPSA) is 83.6 Å². The number of aromatic nitrogens is 1. The van der Waals surface area contributed by atoms with Crippen LogP contribution in [-0.2, 0) is 16.0 Å². The van der Waals surface area contributed by atoms with E-state index in [1.165, 1.54) is 24.2 Å². The Morgan fingerprint density at radius 2 is 2.04 bits per heavy atom. The average Bonchev–Trinajstić information content (AvgIpc) is 2.98. The number of carbonyl (C=O) groups excluding carboxylic acids is 1. The van der Waals surface area contributed by atoms with E-state index in [1.54, 1.807) is 0 Å². The second kappa shape index (κ2) is 7.67. The standard InChI is InChI=1S/C16H16F2N2O4/c1-20(7-6-16(22)23)15(21)5-4-14-19-9-13(24-14)11-3-2-10(17)8-12(11)18/h2-3,8-9H,4-7H2,1H3,(H,22,23). The number of halogens is 2. The lowest BCUT2D eigenvalue weighted by molar-refractivity contribution is -0.138. The van der Waals surface area contributed by atoms with Gasteiger partial charge in [0.1, 0.15) is 11.6 Å². The first-order valence-corrected chi connectivity index (χ1v) is 7.22. The van der Waals surface area contributed by atoms with Crippen LogP contribution in [0, 0.1) is 11.6 Å². The molecule has 1 heterocycles. The van der Waals surface area contributed by atoms with Crippen molar-refractivity contribution in [3.05, 3.63) is 41.9 Å². The van der Waals surface area contributed by atoms with E-state index in [0.29, 0.717) is 0 Å². The molecule has 0 bridgehead atoms. The Balaban J connectivity index is 1.94. The number of hydrogen-bond donors (Lipinski definition) is 1. The van der Waals surface area contributed by atoms with Gasteiger partial charge in [0.25, 0.3) is 0 Å². The first kappa shape index (κ1) is 17.6. The molecule has 0 unspecified atom stereocenters. The van der Waals surface area contributed by atoms with Crippen LogP contribution in [0.2, 0.25) is 0 Å². The normalized spacial score (nSPS) is 10.6. The van der Waals surface area contributed by atoms with Crippen molar-refractivity contribution >= 4 is 11.9 Å². The van der Waals surface area contributed by atoms with Crippen LogP contribution in [0.5, 0.6) is 0 Å². The van der Waals surface area contributed by atoms with Crippen LogP contribution >= 0.6 is 0 Å². The molecule has 1 aromatic carbocycles. The largest absolute Gasteiger partial charge is 0.481 e. The number of oxazole rings is 1. The number of aliphatic carboxylic acids is 1. The molecule has 6 nitrogen and oxygen atoms in total. The summed E-state index contributed by atoms with van der Waals surface area (Å²) in [5, 5.41) is 8.59. The second-order valence-corrected chi connectivity index (χ2v) is 5.20. The van der Waals surface area contributed by atoms with Gasteiger partial charge in [0.15, 0.2) is 11.7 Å². The highest BCUT2D eigenvalue weighted by atomic mass is 19.1. The minimum absolute atomic E-state index is 0.0834. The lowest BCUT2D eigenvalue weighted by Crippen LogP contribution is -2.29. The number of carbonyl (C=O) groups is 2. The number of carboxylic acid groups (broad SMARTS) is 1. The number of amides is 1. The van der Waals surface area contributed by atoms with E-state index in [2.05, 4.69) is 4.98 Å². The number of aryl methyl sites for hydroxylation is 1. The van der Waals surface area contributed by atoms with E-state index >= 15 is 0 Å². The lowest BCUT2D eigenvalue weighted by atomic mass is 10.2. The number of rotatable bonds is 7. The van der Waals surface area contributed by atoms with Gasteiger partial charge >= 0.3 is 5.97 Å². The third-order valence-corrected chi connectivity index (χ3v) is 3.39. The number of hydrogen-bond acceptors (Lipinski definition) is 4. The van der Waals surface area contributed by atoms with Crippen LogP contribution < -0.4 is 0 Å². The van der Waals surface area contributed by atoms with Crippen molar-refractivity contribution in [3.63, 3.8) is 0 Å². The van der Waals surface area contributed by atoms with Crippen molar-refractivity contribution in [1.29, 1.82) is 0 Å². The van der Waals surface area contributed by atoms with Gasteiger partial charge in [-0.15, -0.1) is 0 Å². The predicted octanol–water partition coefficient (Wildman–Crippen LogP) is 2.49. The summed E-state index contributed by atoms with van der Waals surface area (Å²) in [7, 11) is 1.51. The quantitative estimate of drug-likeness (QED) is 0.838. The van der Waals surface area contributed by atoms with Gasteiger partial charge < -0.3 is 14.4 Å². The monoisotopic (exact) mass is 338 g/mol. The summed E-state index contributed by atoms with van der Waals surface area (Å²) in [4.78, 5) is 27.6. The zero-order valence-electron chi connectivity index (χ0n) is 13.0. The average molecular weight is 338 g/mol. The van der Waals surface area contributed by atoms with Crippen molar-refractivity contribution < 1.29 is 27.9 Å². The molecular weight excluding hydrogens is 322 g/mol. The predicted molar refractivity (Wildman–Crippen MR) is 80.1 cm³/mol. The number of nitrogens with zero attached hydrogens (tertiary/aromatic N) is 2.